The molecule has 0 amide bonds. The van der Waals surface area contributed by atoms with Gasteiger partial charge >= 0.3 is 0 Å². The van der Waals surface area contributed by atoms with Crippen LogP contribution in [0.4, 0.5) is 0 Å². The highest BCUT2D eigenvalue weighted by Gasteiger charge is 2.14. The van der Waals surface area contributed by atoms with Crippen molar-refractivity contribution in [2.75, 3.05) is 26.3 Å². The molecule has 0 unspecified atom stereocenters. The number of nitrogens with zero attached hydrogens (tertiary/aromatic N) is 1. The summed E-state index contributed by atoms with van der Waals surface area (Å²) in [6.45, 7) is 7.81. The smallest absolute Gasteiger partial charge is 0.141 e. The molecule has 0 atom stereocenters. The molecule has 1 aromatic carbocycles. The van der Waals surface area contributed by atoms with Crippen molar-refractivity contribution >= 4 is 28.3 Å². The number of thiocarbonyl (C=S) groups is 1. The summed E-state index contributed by atoms with van der Waals surface area (Å²) in [7, 11) is 0. The summed E-state index contributed by atoms with van der Waals surface area (Å²) in [6, 6.07) is 8.70. The second-order valence-electron chi connectivity index (χ2n) is 4.69. The normalized spacial score (nSPS) is 16.1. The molecule has 18 heavy (non-hydrogen) atoms. The number of ether oxygens (including phenoxy) is 1. The van der Waals surface area contributed by atoms with Crippen molar-refractivity contribution < 1.29 is 4.74 Å². The van der Waals surface area contributed by atoms with Gasteiger partial charge in [-0.1, -0.05) is 50.0 Å². The maximum Gasteiger partial charge on any atom is 0.141 e. The highest BCUT2D eigenvalue weighted by atomic mass is 32.2. The molecular formula is C14H19NOS2. The van der Waals surface area contributed by atoms with Gasteiger partial charge in [0.2, 0.25) is 0 Å². The summed E-state index contributed by atoms with van der Waals surface area (Å²) < 4.78 is 6.29. The lowest BCUT2D eigenvalue weighted by molar-refractivity contribution is 0.0702. The van der Waals surface area contributed by atoms with Crippen LogP contribution >= 0.6 is 24.0 Å². The molecule has 4 heteroatoms. The fourth-order valence-corrected chi connectivity index (χ4v) is 3.09. The molecule has 1 fully saturated rings. The van der Waals surface area contributed by atoms with Crippen LogP contribution in [0, 0.1) is 0 Å². The van der Waals surface area contributed by atoms with Crippen LogP contribution in [0.1, 0.15) is 25.3 Å². The number of morpholine rings is 1. The molecule has 1 heterocycles. The topological polar surface area (TPSA) is 12.5 Å². The first-order valence-corrected chi connectivity index (χ1v) is 7.54. The minimum absolute atomic E-state index is 0.579. The fourth-order valence-electron chi connectivity index (χ4n) is 1.83. The Labute approximate surface area is 119 Å². The quantitative estimate of drug-likeness (QED) is 0.607. The first-order valence-electron chi connectivity index (χ1n) is 6.31. The summed E-state index contributed by atoms with van der Waals surface area (Å²) in [5.74, 6) is 0.579. The average molecular weight is 281 g/mol. The van der Waals surface area contributed by atoms with Gasteiger partial charge in [0, 0.05) is 18.0 Å². The minimum atomic E-state index is 0.579. The van der Waals surface area contributed by atoms with Gasteiger partial charge in [-0.15, -0.1) is 0 Å². The number of hydrogen-bond donors (Lipinski definition) is 0. The molecule has 0 N–H and O–H groups in total. The molecule has 0 spiro atoms. The number of rotatable bonds is 2. The van der Waals surface area contributed by atoms with Gasteiger partial charge in [0.25, 0.3) is 0 Å². The van der Waals surface area contributed by atoms with Gasteiger partial charge in [-0.2, -0.15) is 0 Å². The molecule has 0 radical (unpaired) electrons. The van der Waals surface area contributed by atoms with E-state index in [2.05, 4.69) is 43.0 Å². The maximum absolute atomic E-state index is 5.47. The van der Waals surface area contributed by atoms with Gasteiger partial charge in [0.1, 0.15) is 4.32 Å². The summed E-state index contributed by atoms with van der Waals surface area (Å²) in [5.41, 5.74) is 1.37. The van der Waals surface area contributed by atoms with E-state index in [-0.39, 0.29) is 0 Å². The van der Waals surface area contributed by atoms with Gasteiger partial charge in [-0.05, 0) is 23.6 Å². The van der Waals surface area contributed by atoms with Gasteiger partial charge in [-0.25, -0.2) is 0 Å². The Balaban J connectivity index is 1.94. The van der Waals surface area contributed by atoms with Crippen molar-refractivity contribution in [1.29, 1.82) is 0 Å². The molecule has 0 bridgehead atoms. The van der Waals surface area contributed by atoms with E-state index in [1.54, 1.807) is 11.8 Å². The van der Waals surface area contributed by atoms with E-state index in [4.69, 9.17) is 17.0 Å². The molecule has 2 rings (SSSR count). The molecule has 1 aromatic rings. The molecular weight excluding hydrogens is 262 g/mol. The summed E-state index contributed by atoms with van der Waals surface area (Å²) in [4.78, 5) is 3.44. The molecule has 1 aliphatic rings. The summed E-state index contributed by atoms with van der Waals surface area (Å²) in [6.07, 6.45) is 0. The molecule has 2 nitrogen and oxygen atoms in total. The Morgan fingerprint density at radius 1 is 1.22 bits per heavy atom. The third kappa shape index (κ3) is 3.70. The third-order valence-corrected chi connectivity index (χ3v) is 4.47. The zero-order valence-corrected chi connectivity index (χ0v) is 12.5. The average Bonchev–Trinajstić information content (AvgIpc) is 2.40. The Morgan fingerprint density at radius 2 is 1.83 bits per heavy atom. The van der Waals surface area contributed by atoms with Gasteiger partial charge in [0.15, 0.2) is 0 Å². The lowest BCUT2D eigenvalue weighted by Gasteiger charge is -2.28. The van der Waals surface area contributed by atoms with E-state index < -0.39 is 0 Å². The van der Waals surface area contributed by atoms with E-state index in [9.17, 15) is 0 Å². The van der Waals surface area contributed by atoms with Crippen molar-refractivity contribution in [2.45, 2.75) is 24.7 Å². The molecule has 1 saturated heterocycles. The zero-order chi connectivity index (χ0) is 13.0. The third-order valence-electron chi connectivity index (χ3n) is 3.02. The Morgan fingerprint density at radius 3 is 2.39 bits per heavy atom. The summed E-state index contributed by atoms with van der Waals surface area (Å²) >= 11 is 7.15. The van der Waals surface area contributed by atoms with E-state index in [1.165, 1.54) is 10.5 Å². The lowest BCUT2D eigenvalue weighted by atomic mass is 10.0. The Bertz CT molecular complexity index is 397. The molecule has 1 aliphatic heterocycles. The first kappa shape index (κ1) is 13.8. The van der Waals surface area contributed by atoms with Crippen molar-refractivity contribution in [2.24, 2.45) is 0 Å². The largest absolute Gasteiger partial charge is 0.378 e. The SMILES string of the molecule is CC(C)c1ccc(SC(=S)N2CCOCC2)cc1. The van der Waals surface area contributed by atoms with Crippen LogP contribution in [-0.4, -0.2) is 35.5 Å². The highest BCUT2D eigenvalue weighted by molar-refractivity contribution is 8.22. The zero-order valence-electron chi connectivity index (χ0n) is 10.9. The van der Waals surface area contributed by atoms with Gasteiger partial charge < -0.3 is 9.64 Å². The minimum Gasteiger partial charge on any atom is -0.378 e. The predicted octanol–water partition coefficient (Wildman–Crippen LogP) is 3.52. The maximum atomic E-state index is 5.47. The number of thioether (sulfide) groups is 1. The fraction of sp³-hybridized carbons (Fsp3) is 0.500. The number of hydrogen-bond acceptors (Lipinski definition) is 3. The van der Waals surface area contributed by atoms with Crippen LogP contribution in [0.15, 0.2) is 29.2 Å². The lowest BCUT2D eigenvalue weighted by Crippen LogP contribution is -2.38. The molecule has 0 saturated carbocycles. The predicted molar refractivity (Wildman–Crippen MR) is 81.4 cm³/mol. The van der Waals surface area contributed by atoms with Gasteiger partial charge in [-0.3, -0.25) is 0 Å². The Hall–Kier alpha value is -0.580. The van der Waals surface area contributed by atoms with E-state index in [1.807, 2.05) is 0 Å². The van der Waals surface area contributed by atoms with Crippen LogP contribution in [-0.2, 0) is 4.74 Å². The van der Waals surface area contributed by atoms with Crippen LogP contribution in [0.25, 0.3) is 0 Å². The number of benzene rings is 1. The molecule has 0 aromatic heterocycles. The van der Waals surface area contributed by atoms with Crippen LogP contribution in [0.5, 0.6) is 0 Å². The highest BCUT2D eigenvalue weighted by Crippen LogP contribution is 2.24. The second kappa shape index (κ2) is 6.55. The summed E-state index contributed by atoms with van der Waals surface area (Å²) in [5, 5.41) is 0. The standard InChI is InChI=1S/C14H19NOS2/c1-11(2)12-3-5-13(6-4-12)18-14(17)15-7-9-16-10-8-15/h3-6,11H,7-10H2,1-2H3. The second-order valence-corrected chi connectivity index (χ2v) is 6.40. The van der Waals surface area contributed by atoms with E-state index in [0.717, 1.165) is 30.6 Å². The monoisotopic (exact) mass is 281 g/mol. The van der Waals surface area contributed by atoms with Crippen molar-refractivity contribution in [1.82, 2.24) is 4.90 Å². The first-order chi connectivity index (χ1) is 8.66. The van der Waals surface area contributed by atoms with E-state index in [0.29, 0.717) is 5.92 Å². The van der Waals surface area contributed by atoms with Crippen molar-refractivity contribution in [3.8, 4) is 0 Å². The van der Waals surface area contributed by atoms with E-state index >= 15 is 0 Å². The van der Waals surface area contributed by atoms with Crippen LogP contribution in [0.2, 0.25) is 0 Å². The van der Waals surface area contributed by atoms with Crippen LogP contribution < -0.4 is 0 Å². The van der Waals surface area contributed by atoms with Crippen molar-refractivity contribution in [3.63, 3.8) is 0 Å². The molecule has 0 aliphatic carbocycles. The van der Waals surface area contributed by atoms with Crippen LogP contribution in [0.3, 0.4) is 0 Å². The van der Waals surface area contributed by atoms with Gasteiger partial charge in [0.05, 0.1) is 13.2 Å². The Kier molecular flexibility index (Phi) is 5.03. The molecule has 98 valence electrons. The van der Waals surface area contributed by atoms with Crippen molar-refractivity contribution in [3.05, 3.63) is 29.8 Å².